The second kappa shape index (κ2) is 4.88. The molecule has 0 radical (unpaired) electrons. The largest absolute Gasteiger partial charge is 0.327 e. The Labute approximate surface area is 107 Å². The van der Waals surface area contributed by atoms with E-state index in [1.807, 2.05) is 18.7 Å². The van der Waals surface area contributed by atoms with Gasteiger partial charge < -0.3 is 5.73 Å². The Morgan fingerprint density at radius 3 is 2.38 bits per heavy atom. The summed E-state index contributed by atoms with van der Waals surface area (Å²) in [6.45, 7) is 8.56. The summed E-state index contributed by atoms with van der Waals surface area (Å²) in [7, 11) is 1.98. The Bertz CT molecular complexity index is 363. The van der Waals surface area contributed by atoms with Crippen LogP contribution in [0.4, 0.5) is 0 Å². The van der Waals surface area contributed by atoms with E-state index >= 15 is 0 Å². The van der Waals surface area contributed by atoms with E-state index in [4.69, 9.17) is 5.73 Å². The summed E-state index contributed by atoms with van der Waals surface area (Å²) in [4.78, 5) is 0. The van der Waals surface area contributed by atoms with Crippen LogP contribution in [-0.2, 0) is 13.5 Å². The molecule has 0 bridgehead atoms. The summed E-state index contributed by atoms with van der Waals surface area (Å²) in [6.07, 6.45) is 1.96. The Balaban J connectivity index is 2.68. The first-order chi connectivity index (χ1) is 7.23. The molecule has 1 heterocycles. The fourth-order valence-electron chi connectivity index (χ4n) is 1.68. The molecule has 0 spiro atoms. The van der Waals surface area contributed by atoms with Crippen molar-refractivity contribution in [1.29, 1.82) is 0 Å². The van der Waals surface area contributed by atoms with E-state index in [0.717, 1.165) is 23.0 Å². The summed E-state index contributed by atoms with van der Waals surface area (Å²) < 4.78 is 3.06. The van der Waals surface area contributed by atoms with Crippen molar-refractivity contribution in [2.75, 3.05) is 0 Å². The minimum Gasteiger partial charge on any atom is -0.327 e. The molecule has 0 saturated heterocycles. The number of hydrogen-bond donors (Lipinski definition) is 1. The lowest BCUT2D eigenvalue weighted by Gasteiger charge is -2.27. The van der Waals surface area contributed by atoms with Crippen molar-refractivity contribution in [1.82, 2.24) is 9.78 Å². The van der Waals surface area contributed by atoms with Gasteiger partial charge in [0.05, 0.1) is 15.9 Å². The van der Waals surface area contributed by atoms with E-state index < -0.39 is 0 Å². The van der Waals surface area contributed by atoms with Gasteiger partial charge in [0, 0.05) is 13.1 Å². The number of aryl methyl sites for hydroxylation is 2. The third kappa shape index (κ3) is 3.08. The lowest BCUT2D eigenvalue weighted by atomic mass is 9.84. The molecule has 0 fully saturated rings. The highest BCUT2D eigenvalue weighted by Crippen LogP contribution is 2.25. The van der Waals surface area contributed by atoms with Crippen LogP contribution in [0.3, 0.4) is 0 Å². The lowest BCUT2D eigenvalue weighted by Crippen LogP contribution is -2.35. The van der Waals surface area contributed by atoms with Crippen molar-refractivity contribution < 1.29 is 0 Å². The van der Waals surface area contributed by atoms with Crippen LogP contribution in [0.15, 0.2) is 4.47 Å². The number of nitrogens with two attached hydrogens (primary N) is 1. The van der Waals surface area contributed by atoms with Gasteiger partial charge >= 0.3 is 0 Å². The van der Waals surface area contributed by atoms with Crippen LogP contribution in [0.2, 0.25) is 0 Å². The van der Waals surface area contributed by atoms with E-state index in [2.05, 4.69) is 41.8 Å². The quantitative estimate of drug-likeness (QED) is 0.929. The summed E-state index contributed by atoms with van der Waals surface area (Å²) >= 11 is 3.58. The van der Waals surface area contributed by atoms with Crippen LogP contribution in [0.5, 0.6) is 0 Å². The molecular weight excluding hydrogens is 266 g/mol. The van der Waals surface area contributed by atoms with Crippen molar-refractivity contribution >= 4 is 15.9 Å². The number of nitrogens with zero attached hydrogens (tertiary/aromatic N) is 2. The zero-order valence-electron chi connectivity index (χ0n) is 10.8. The number of aromatic nitrogens is 2. The summed E-state index contributed by atoms with van der Waals surface area (Å²) in [6, 6.07) is 0.217. The van der Waals surface area contributed by atoms with Crippen LogP contribution >= 0.6 is 15.9 Å². The minimum atomic E-state index is 0.167. The van der Waals surface area contributed by atoms with Gasteiger partial charge in [0.1, 0.15) is 0 Å². The van der Waals surface area contributed by atoms with Crippen molar-refractivity contribution in [2.45, 2.75) is 46.6 Å². The van der Waals surface area contributed by atoms with Gasteiger partial charge in [-0.05, 0) is 41.1 Å². The van der Waals surface area contributed by atoms with Crippen molar-refractivity contribution in [3.63, 3.8) is 0 Å². The molecule has 1 atom stereocenters. The van der Waals surface area contributed by atoms with Crippen molar-refractivity contribution in [2.24, 2.45) is 18.2 Å². The third-order valence-corrected chi connectivity index (χ3v) is 4.10. The standard InChI is InChI=1S/C12H22BrN3/c1-8-11(13)9(16(5)15-8)6-7-10(14)12(2,3)4/h10H,6-7,14H2,1-5H3. The van der Waals surface area contributed by atoms with Crippen LogP contribution in [0.25, 0.3) is 0 Å². The highest BCUT2D eigenvalue weighted by atomic mass is 79.9. The fourth-order valence-corrected chi connectivity index (χ4v) is 2.21. The van der Waals surface area contributed by atoms with Crippen LogP contribution in [0, 0.1) is 12.3 Å². The van der Waals surface area contributed by atoms with Crippen LogP contribution in [0.1, 0.15) is 38.6 Å². The first-order valence-corrected chi connectivity index (χ1v) is 6.46. The maximum atomic E-state index is 6.16. The third-order valence-electron chi connectivity index (χ3n) is 3.07. The van der Waals surface area contributed by atoms with Crippen LogP contribution in [-0.4, -0.2) is 15.8 Å². The highest BCUT2D eigenvalue weighted by molar-refractivity contribution is 9.10. The Morgan fingerprint density at radius 1 is 1.44 bits per heavy atom. The fraction of sp³-hybridized carbons (Fsp3) is 0.750. The summed E-state index contributed by atoms with van der Waals surface area (Å²) in [5.74, 6) is 0. The van der Waals surface area contributed by atoms with Gasteiger partial charge in [-0.2, -0.15) is 5.10 Å². The molecule has 4 heteroatoms. The molecule has 1 unspecified atom stereocenters. The molecule has 0 aromatic carbocycles. The second-order valence-electron chi connectivity index (χ2n) is 5.48. The van der Waals surface area contributed by atoms with Gasteiger partial charge in [-0.15, -0.1) is 0 Å². The molecule has 0 amide bonds. The number of halogens is 1. The SMILES string of the molecule is Cc1nn(C)c(CCC(N)C(C)(C)C)c1Br. The van der Waals surface area contributed by atoms with E-state index in [0.29, 0.717) is 0 Å². The van der Waals surface area contributed by atoms with E-state index in [-0.39, 0.29) is 11.5 Å². The monoisotopic (exact) mass is 287 g/mol. The number of rotatable bonds is 3. The second-order valence-corrected chi connectivity index (χ2v) is 6.27. The molecule has 92 valence electrons. The van der Waals surface area contributed by atoms with E-state index in [1.165, 1.54) is 5.69 Å². The van der Waals surface area contributed by atoms with Gasteiger partial charge in [-0.1, -0.05) is 20.8 Å². The molecule has 16 heavy (non-hydrogen) atoms. The molecule has 0 aliphatic rings. The first-order valence-electron chi connectivity index (χ1n) is 5.67. The maximum absolute atomic E-state index is 6.16. The van der Waals surface area contributed by atoms with Gasteiger partial charge in [-0.25, -0.2) is 0 Å². The summed E-state index contributed by atoms with van der Waals surface area (Å²) in [5.41, 5.74) is 8.60. The normalized spacial score (nSPS) is 14.2. The van der Waals surface area contributed by atoms with Crippen molar-refractivity contribution in [3.05, 3.63) is 15.9 Å². The first kappa shape index (κ1) is 13.7. The Hall–Kier alpha value is -0.350. The van der Waals surface area contributed by atoms with Crippen LogP contribution < -0.4 is 5.73 Å². The summed E-state index contributed by atoms with van der Waals surface area (Å²) in [5, 5.41) is 4.38. The van der Waals surface area contributed by atoms with Crippen molar-refractivity contribution in [3.8, 4) is 0 Å². The predicted molar refractivity (Wildman–Crippen MR) is 71.4 cm³/mol. The Kier molecular flexibility index (Phi) is 4.18. The van der Waals surface area contributed by atoms with Gasteiger partial charge in [0.25, 0.3) is 0 Å². The molecule has 0 aliphatic carbocycles. The Morgan fingerprint density at radius 2 is 2.00 bits per heavy atom. The molecular formula is C12H22BrN3. The van der Waals surface area contributed by atoms with Gasteiger partial charge in [0.15, 0.2) is 0 Å². The average Bonchev–Trinajstić information content (AvgIpc) is 2.37. The molecule has 0 saturated carbocycles. The molecule has 1 aromatic rings. The minimum absolute atomic E-state index is 0.167. The average molecular weight is 288 g/mol. The zero-order valence-corrected chi connectivity index (χ0v) is 12.4. The smallest absolute Gasteiger partial charge is 0.0738 e. The van der Waals surface area contributed by atoms with E-state index in [1.54, 1.807) is 0 Å². The molecule has 1 aromatic heterocycles. The lowest BCUT2D eigenvalue weighted by molar-refractivity contribution is 0.304. The topological polar surface area (TPSA) is 43.8 Å². The molecule has 3 nitrogen and oxygen atoms in total. The molecule has 1 rings (SSSR count). The highest BCUT2D eigenvalue weighted by Gasteiger charge is 2.21. The van der Waals surface area contributed by atoms with Gasteiger partial charge in [0.2, 0.25) is 0 Å². The van der Waals surface area contributed by atoms with Gasteiger partial charge in [-0.3, -0.25) is 4.68 Å². The van der Waals surface area contributed by atoms with E-state index in [9.17, 15) is 0 Å². The maximum Gasteiger partial charge on any atom is 0.0738 e. The number of hydrogen-bond acceptors (Lipinski definition) is 2. The molecule has 2 N–H and O–H groups in total. The predicted octanol–water partition coefficient (Wildman–Crippen LogP) is 2.80. The molecule has 0 aliphatic heterocycles. The zero-order chi connectivity index (χ0) is 12.5.